The standard InChI is InChI=1S/C28H37Cl2N5O4/c1-34-18-31-17-21(34)9-12-32-27(39)33-24(16-19-7-8-22(29)23(30)15-19)25(36)35-13-10-28(11-14-35,26(37)38)20-5-3-2-4-6-20/h7-8,15,17-18,20,24H,2-6,9-14,16H2,1H3,(H,37,38)(H2,32,33,39)/t24-/m1/s1. The number of halogens is 2. The van der Waals surface area contributed by atoms with E-state index in [0.717, 1.165) is 43.4 Å². The fourth-order valence-corrected chi connectivity index (χ4v) is 6.36. The second-order valence-electron chi connectivity index (χ2n) is 10.8. The van der Waals surface area contributed by atoms with Gasteiger partial charge in [0.25, 0.3) is 0 Å². The summed E-state index contributed by atoms with van der Waals surface area (Å²) in [6, 6.07) is 3.85. The molecule has 1 aliphatic heterocycles. The van der Waals surface area contributed by atoms with Gasteiger partial charge in [0.05, 0.1) is 21.8 Å². The Hall–Kier alpha value is -2.78. The number of aromatic nitrogens is 2. The van der Waals surface area contributed by atoms with Crippen molar-refractivity contribution in [1.82, 2.24) is 25.1 Å². The van der Waals surface area contributed by atoms with Crippen molar-refractivity contribution in [2.75, 3.05) is 19.6 Å². The normalized spacial score (nSPS) is 18.4. The summed E-state index contributed by atoms with van der Waals surface area (Å²) < 4.78 is 1.89. The Morgan fingerprint density at radius 1 is 1.13 bits per heavy atom. The average molecular weight is 579 g/mol. The number of nitrogens with one attached hydrogen (secondary N) is 2. The third-order valence-electron chi connectivity index (χ3n) is 8.39. The van der Waals surface area contributed by atoms with Gasteiger partial charge in [0.2, 0.25) is 5.91 Å². The van der Waals surface area contributed by atoms with E-state index < -0.39 is 23.5 Å². The van der Waals surface area contributed by atoms with Gasteiger partial charge in [-0.15, -0.1) is 0 Å². The van der Waals surface area contributed by atoms with Crippen LogP contribution in [0.4, 0.5) is 4.79 Å². The van der Waals surface area contributed by atoms with Crippen LogP contribution in [-0.2, 0) is 29.5 Å². The van der Waals surface area contributed by atoms with Crippen molar-refractivity contribution in [3.8, 4) is 0 Å². The van der Waals surface area contributed by atoms with Crippen LogP contribution in [0.3, 0.4) is 0 Å². The zero-order valence-corrected chi connectivity index (χ0v) is 23.8. The summed E-state index contributed by atoms with van der Waals surface area (Å²) in [7, 11) is 1.89. The maximum Gasteiger partial charge on any atom is 0.315 e. The van der Waals surface area contributed by atoms with Gasteiger partial charge in [-0.25, -0.2) is 9.78 Å². The molecule has 0 radical (unpaired) electrons. The summed E-state index contributed by atoms with van der Waals surface area (Å²) in [4.78, 5) is 44.8. The number of rotatable bonds is 9. The summed E-state index contributed by atoms with van der Waals surface area (Å²) >= 11 is 12.3. The largest absolute Gasteiger partial charge is 0.481 e. The molecule has 0 spiro atoms. The third kappa shape index (κ3) is 7.06. The second-order valence-corrected chi connectivity index (χ2v) is 11.6. The number of likely N-dealkylation sites (tertiary alicyclic amines) is 1. The van der Waals surface area contributed by atoms with Crippen molar-refractivity contribution < 1.29 is 19.5 Å². The van der Waals surface area contributed by atoms with E-state index in [1.807, 2.05) is 11.6 Å². The van der Waals surface area contributed by atoms with Crippen LogP contribution < -0.4 is 10.6 Å². The number of imidazole rings is 1. The van der Waals surface area contributed by atoms with Crippen molar-refractivity contribution >= 4 is 41.1 Å². The van der Waals surface area contributed by atoms with E-state index in [4.69, 9.17) is 23.2 Å². The number of benzene rings is 1. The van der Waals surface area contributed by atoms with E-state index >= 15 is 0 Å². The molecule has 2 aromatic rings. The van der Waals surface area contributed by atoms with Crippen molar-refractivity contribution in [3.63, 3.8) is 0 Å². The second kappa shape index (κ2) is 13.0. The smallest absolute Gasteiger partial charge is 0.315 e. The molecule has 1 saturated carbocycles. The first-order valence-corrected chi connectivity index (χ1v) is 14.4. The molecule has 212 valence electrons. The number of nitrogens with zero attached hydrogens (tertiary/aromatic N) is 3. The molecule has 2 heterocycles. The van der Waals surface area contributed by atoms with E-state index in [9.17, 15) is 19.5 Å². The Kier molecular flexibility index (Phi) is 9.77. The van der Waals surface area contributed by atoms with Gasteiger partial charge < -0.3 is 25.2 Å². The molecule has 0 bridgehead atoms. The summed E-state index contributed by atoms with van der Waals surface area (Å²) in [5.74, 6) is -0.832. The highest BCUT2D eigenvalue weighted by molar-refractivity contribution is 6.42. The van der Waals surface area contributed by atoms with Crippen LogP contribution in [0, 0.1) is 11.3 Å². The Morgan fingerprint density at radius 2 is 1.85 bits per heavy atom. The molecule has 0 unspecified atom stereocenters. The highest BCUT2D eigenvalue weighted by atomic mass is 35.5. The maximum absolute atomic E-state index is 13.7. The molecule has 2 aliphatic rings. The number of carbonyl (C=O) groups excluding carboxylic acids is 2. The fraction of sp³-hybridized carbons (Fsp3) is 0.571. The minimum Gasteiger partial charge on any atom is -0.481 e. The molecular weight excluding hydrogens is 541 g/mol. The molecule has 1 aromatic heterocycles. The molecule has 1 aliphatic carbocycles. The van der Waals surface area contributed by atoms with E-state index in [2.05, 4.69) is 15.6 Å². The molecule has 11 heteroatoms. The molecule has 9 nitrogen and oxygen atoms in total. The quantitative estimate of drug-likeness (QED) is 0.407. The SMILES string of the molecule is Cn1cncc1CCNC(=O)N[C@H](Cc1ccc(Cl)c(Cl)c1)C(=O)N1CCC(C(=O)O)(C2CCCCC2)CC1. The highest BCUT2D eigenvalue weighted by Crippen LogP contribution is 2.46. The Balaban J connectivity index is 1.43. The first-order valence-electron chi connectivity index (χ1n) is 13.7. The number of aliphatic carboxylic acids is 1. The molecule has 1 atom stereocenters. The number of hydrogen-bond donors (Lipinski definition) is 3. The fourth-order valence-electron chi connectivity index (χ4n) is 6.04. The molecule has 2 fully saturated rings. The number of urea groups is 1. The molecule has 4 rings (SSSR count). The number of carboxylic acids is 1. The average Bonchev–Trinajstić information content (AvgIpc) is 3.34. The van der Waals surface area contributed by atoms with Crippen molar-refractivity contribution in [2.24, 2.45) is 18.4 Å². The van der Waals surface area contributed by atoms with Gasteiger partial charge in [0, 0.05) is 51.4 Å². The number of carbonyl (C=O) groups is 3. The summed E-state index contributed by atoms with van der Waals surface area (Å²) in [6.45, 7) is 1.08. The van der Waals surface area contributed by atoms with E-state index in [0.29, 0.717) is 48.9 Å². The maximum atomic E-state index is 13.7. The lowest BCUT2D eigenvalue weighted by Crippen LogP contribution is -2.56. The lowest BCUT2D eigenvalue weighted by Gasteiger charge is -2.45. The van der Waals surface area contributed by atoms with Crippen LogP contribution in [0.15, 0.2) is 30.7 Å². The van der Waals surface area contributed by atoms with Crippen LogP contribution in [0.5, 0.6) is 0 Å². The Morgan fingerprint density at radius 3 is 2.46 bits per heavy atom. The minimum atomic E-state index is -0.842. The zero-order valence-electron chi connectivity index (χ0n) is 22.3. The molecule has 3 amide bonds. The van der Waals surface area contributed by atoms with Crippen molar-refractivity contribution in [2.45, 2.75) is 63.8 Å². The van der Waals surface area contributed by atoms with Crippen LogP contribution in [0.25, 0.3) is 0 Å². The number of aryl methyl sites for hydroxylation is 1. The number of carboxylic acid groups (broad SMARTS) is 1. The van der Waals surface area contributed by atoms with Crippen LogP contribution in [0.1, 0.15) is 56.2 Å². The molecular formula is C28H37Cl2N5O4. The van der Waals surface area contributed by atoms with Gasteiger partial charge in [0.15, 0.2) is 0 Å². The zero-order chi connectivity index (χ0) is 28.0. The summed E-state index contributed by atoms with van der Waals surface area (Å²) in [5.41, 5.74) is 0.955. The van der Waals surface area contributed by atoms with Gasteiger partial charge in [-0.05, 0) is 49.3 Å². The van der Waals surface area contributed by atoms with Gasteiger partial charge in [-0.2, -0.15) is 0 Å². The lowest BCUT2D eigenvalue weighted by molar-refractivity contribution is -0.160. The Labute approximate surface area is 239 Å². The first-order chi connectivity index (χ1) is 18.7. The topological polar surface area (TPSA) is 117 Å². The molecule has 1 saturated heterocycles. The number of piperidine rings is 1. The van der Waals surface area contributed by atoms with Gasteiger partial charge in [-0.1, -0.05) is 48.5 Å². The highest BCUT2D eigenvalue weighted by Gasteiger charge is 2.48. The van der Waals surface area contributed by atoms with E-state index in [-0.39, 0.29) is 18.2 Å². The van der Waals surface area contributed by atoms with Crippen molar-refractivity contribution in [3.05, 3.63) is 52.0 Å². The van der Waals surface area contributed by atoms with Crippen molar-refractivity contribution in [1.29, 1.82) is 0 Å². The van der Waals surface area contributed by atoms with Crippen LogP contribution in [0.2, 0.25) is 10.0 Å². The monoisotopic (exact) mass is 577 g/mol. The van der Waals surface area contributed by atoms with Gasteiger partial charge in [0.1, 0.15) is 6.04 Å². The van der Waals surface area contributed by atoms with E-state index in [1.54, 1.807) is 35.6 Å². The molecule has 1 aromatic carbocycles. The first kappa shape index (κ1) is 29.2. The summed E-state index contributed by atoms with van der Waals surface area (Å²) in [5, 5.41) is 16.7. The van der Waals surface area contributed by atoms with Crippen LogP contribution in [-0.4, -0.2) is 63.1 Å². The van der Waals surface area contributed by atoms with Gasteiger partial charge >= 0.3 is 12.0 Å². The minimum absolute atomic E-state index is 0.149. The predicted octanol–water partition coefficient (Wildman–Crippen LogP) is 4.45. The molecule has 3 N–H and O–H groups in total. The Bertz CT molecular complexity index is 1170. The third-order valence-corrected chi connectivity index (χ3v) is 9.13. The number of amides is 3. The number of hydrogen-bond acceptors (Lipinski definition) is 4. The van der Waals surface area contributed by atoms with Gasteiger partial charge in [-0.3, -0.25) is 9.59 Å². The van der Waals surface area contributed by atoms with E-state index in [1.165, 1.54) is 0 Å². The summed E-state index contributed by atoms with van der Waals surface area (Å²) in [6.07, 6.45) is 10.3. The lowest BCUT2D eigenvalue weighted by atomic mass is 9.64. The van der Waals surface area contributed by atoms with Crippen LogP contribution >= 0.6 is 23.2 Å². The molecule has 39 heavy (non-hydrogen) atoms. The predicted molar refractivity (Wildman–Crippen MR) is 150 cm³/mol.